The van der Waals surface area contributed by atoms with Gasteiger partial charge >= 0.3 is 0 Å². The Balaban J connectivity index is 2.17. The Hall–Kier alpha value is -1.54. The van der Waals surface area contributed by atoms with E-state index in [1.807, 2.05) is 0 Å². The van der Waals surface area contributed by atoms with Crippen LogP contribution in [0, 0.1) is 5.82 Å². The molecule has 0 fully saturated rings. The first-order chi connectivity index (χ1) is 8.58. The molecule has 0 aliphatic carbocycles. The van der Waals surface area contributed by atoms with Crippen LogP contribution in [-0.4, -0.2) is 14.6 Å². The lowest BCUT2D eigenvalue weighted by atomic mass is 10.3. The highest BCUT2D eigenvalue weighted by Crippen LogP contribution is 2.24. The van der Waals surface area contributed by atoms with Gasteiger partial charge in [-0.2, -0.15) is 0 Å². The summed E-state index contributed by atoms with van der Waals surface area (Å²) in [6.07, 6.45) is -2.73. The summed E-state index contributed by atoms with van der Waals surface area (Å²) in [5, 5.41) is 6.05. The van der Waals surface area contributed by atoms with Gasteiger partial charge in [-0.15, -0.1) is 5.10 Å². The van der Waals surface area contributed by atoms with Crippen LogP contribution in [0.5, 0.6) is 0 Å². The molecule has 0 aliphatic heterocycles. The summed E-state index contributed by atoms with van der Waals surface area (Å²) < 4.78 is 41.3. The maximum atomic E-state index is 12.7. The van der Waals surface area contributed by atoms with Crippen LogP contribution in [0.15, 0.2) is 24.3 Å². The molecule has 0 spiro atoms. The molecule has 1 aromatic carbocycles. The van der Waals surface area contributed by atoms with Gasteiger partial charge in [0.2, 0.25) is 0 Å². The van der Waals surface area contributed by atoms with Gasteiger partial charge in [0.1, 0.15) is 15.7 Å². The number of aromatic nitrogens is 2. The molecule has 2 rings (SSSR count). The Morgan fingerprint density at radius 3 is 2.56 bits per heavy atom. The van der Waals surface area contributed by atoms with Gasteiger partial charge in [0.05, 0.1) is 0 Å². The first-order valence-corrected chi connectivity index (χ1v) is 5.93. The monoisotopic (exact) mass is 289 g/mol. The molecule has 0 saturated carbocycles. The van der Waals surface area contributed by atoms with E-state index in [4.69, 9.17) is 12.2 Å². The average Bonchev–Trinajstić information content (AvgIpc) is 2.81. The summed E-state index contributed by atoms with van der Waals surface area (Å²) in [6, 6.07) is 5.39. The Kier molecular flexibility index (Phi) is 3.87. The Labute approximate surface area is 110 Å². The second kappa shape index (κ2) is 5.40. The van der Waals surface area contributed by atoms with E-state index < -0.39 is 12.1 Å². The maximum Gasteiger partial charge on any atom is 0.283 e. The first-order valence-electron chi connectivity index (χ1n) is 4.75. The predicted octanol–water partition coefficient (Wildman–Crippen LogP) is 3.40. The second-order valence-electron chi connectivity index (χ2n) is 3.25. The number of halogens is 3. The zero-order valence-electron chi connectivity index (χ0n) is 8.73. The molecule has 3 nitrogen and oxygen atoms in total. The number of nitrogens with zero attached hydrogens (tertiary/aromatic N) is 2. The lowest BCUT2D eigenvalue weighted by Crippen LogP contribution is -2.11. The van der Waals surface area contributed by atoms with E-state index in [2.05, 4.69) is 14.9 Å². The van der Waals surface area contributed by atoms with Crippen molar-refractivity contribution in [1.82, 2.24) is 9.59 Å². The van der Waals surface area contributed by atoms with Crippen LogP contribution in [0.25, 0.3) is 0 Å². The van der Waals surface area contributed by atoms with E-state index in [9.17, 15) is 13.2 Å². The molecule has 1 N–H and O–H groups in total. The van der Waals surface area contributed by atoms with E-state index in [1.54, 1.807) is 0 Å². The van der Waals surface area contributed by atoms with Gasteiger partial charge in [-0.1, -0.05) is 16.7 Å². The molecular formula is C10H6F3N3S2. The van der Waals surface area contributed by atoms with Crippen molar-refractivity contribution in [3.8, 4) is 0 Å². The molecule has 18 heavy (non-hydrogen) atoms. The molecule has 0 unspecified atom stereocenters. The Morgan fingerprint density at radius 2 is 1.94 bits per heavy atom. The first kappa shape index (κ1) is 12.9. The SMILES string of the molecule is Fc1ccc(NC(=S)c2snnc2C(F)F)cc1. The van der Waals surface area contributed by atoms with Crippen LogP contribution >= 0.6 is 23.8 Å². The Morgan fingerprint density at radius 1 is 1.28 bits per heavy atom. The molecule has 1 aromatic heterocycles. The lowest BCUT2D eigenvalue weighted by molar-refractivity contribution is 0.146. The third-order valence-electron chi connectivity index (χ3n) is 2.03. The van der Waals surface area contributed by atoms with E-state index >= 15 is 0 Å². The molecule has 0 radical (unpaired) electrons. The number of thiocarbonyl (C=S) groups is 1. The fraction of sp³-hybridized carbons (Fsp3) is 0.100. The van der Waals surface area contributed by atoms with Crippen LogP contribution in [0.2, 0.25) is 0 Å². The van der Waals surface area contributed by atoms with Crippen LogP contribution in [0.4, 0.5) is 18.9 Å². The summed E-state index contributed by atoms with van der Waals surface area (Å²) in [5.74, 6) is -0.390. The van der Waals surface area contributed by atoms with Crippen molar-refractivity contribution in [1.29, 1.82) is 0 Å². The van der Waals surface area contributed by atoms with Crippen LogP contribution < -0.4 is 5.32 Å². The largest absolute Gasteiger partial charge is 0.345 e. The summed E-state index contributed by atoms with van der Waals surface area (Å²) in [5.41, 5.74) is 0.0645. The van der Waals surface area contributed by atoms with Crippen LogP contribution in [-0.2, 0) is 0 Å². The van der Waals surface area contributed by atoms with Crippen molar-refractivity contribution in [2.24, 2.45) is 0 Å². The molecule has 0 aliphatic rings. The number of nitrogens with one attached hydrogen (secondary N) is 1. The average molecular weight is 289 g/mol. The predicted molar refractivity (Wildman–Crippen MR) is 66.6 cm³/mol. The molecule has 1 heterocycles. The number of benzene rings is 1. The van der Waals surface area contributed by atoms with E-state index in [0.29, 0.717) is 5.69 Å². The molecule has 94 valence electrons. The van der Waals surface area contributed by atoms with Crippen molar-refractivity contribution in [2.45, 2.75) is 6.43 Å². The van der Waals surface area contributed by atoms with Gasteiger partial charge in [0.25, 0.3) is 6.43 Å². The minimum absolute atomic E-state index is 0.0897. The van der Waals surface area contributed by atoms with E-state index in [-0.39, 0.29) is 15.7 Å². The van der Waals surface area contributed by atoms with Gasteiger partial charge in [-0.3, -0.25) is 0 Å². The van der Waals surface area contributed by atoms with Crippen LogP contribution in [0.1, 0.15) is 17.0 Å². The zero-order chi connectivity index (χ0) is 13.1. The highest BCUT2D eigenvalue weighted by atomic mass is 32.1. The molecule has 2 aromatic rings. The van der Waals surface area contributed by atoms with E-state index in [1.165, 1.54) is 24.3 Å². The van der Waals surface area contributed by atoms with Gasteiger partial charge in [0.15, 0.2) is 5.69 Å². The van der Waals surface area contributed by atoms with Gasteiger partial charge in [-0.25, -0.2) is 13.2 Å². The molecule has 0 saturated heterocycles. The second-order valence-corrected chi connectivity index (χ2v) is 4.41. The topological polar surface area (TPSA) is 37.8 Å². The van der Waals surface area contributed by atoms with Crippen molar-refractivity contribution < 1.29 is 13.2 Å². The van der Waals surface area contributed by atoms with Gasteiger partial charge in [0, 0.05) is 5.69 Å². The summed E-state index contributed by atoms with van der Waals surface area (Å²) in [6.45, 7) is 0. The number of anilines is 1. The quantitative estimate of drug-likeness (QED) is 0.879. The number of hydrogen-bond acceptors (Lipinski definition) is 4. The molecule has 8 heteroatoms. The zero-order valence-corrected chi connectivity index (χ0v) is 10.4. The lowest BCUT2D eigenvalue weighted by Gasteiger charge is -2.06. The summed E-state index contributed by atoms with van der Waals surface area (Å²) in [7, 11) is 0. The number of alkyl halides is 2. The molecule has 0 amide bonds. The maximum absolute atomic E-state index is 12.7. The normalized spacial score (nSPS) is 10.7. The molecule has 0 bridgehead atoms. The van der Waals surface area contributed by atoms with Crippen LogP contribution in [0.3, 0.4) is 0 Å². The highest BCUT2D eigenvalue weighted by molar-refractivity contribution is 7.81. The minimum Gasteiger partial charge on any atom is -0.345 e. The fourth-order valence-electron chi connectivity index (χ4n) is 1.22. The third-order valence-corrected chi connectivity index (χ3v) is 3.22. The van der Waals surface area contributed by atoms with Crippen molar-refractivity contribution in [3.63, 3.8) is 0 Å². The summed E-state index contributed by atoms with van der Waals surface area (Å²) >= 11 is 5.78. The number of hydrogen-bond donors (Lipinski definition) is 1. The number of rotatable bonds is 3. The molecular weight excluding hydrogens is 283 g/mol. The van der Waals surface area contributed by atoms with E-state index in [0.717, 1.165) is 11.5 Å². The third kappa shape index (κ3) is 2.82. The van der Waals surface area contributed by atoms with Crippen molar-refractivity contribution >= 4 is 34.4 Å². The standard InChI is InChI=1S/C10H6F3N3S2/c11-5-1-3-6(4-2-5)14-10(17)8-7(9(12)13)15-16-18-8/h1-4,9H,(H,14,17). The highest BCUT2D eigenvalue weighted by Gasteiger charge is 2.20. The van der Waals surface area contributed by atoms with Crippen molar-refractivity contribution in [2.75, 3.05) is 5.32 Å². The van der Waals surface area contributed by atoms with Gasteiger partial charge in [-0.05, 0) is 35.8 Å². The molecule has 0 atom stereocenters. The van der Waals surface area contributed by atoms with Gasteiger partial charge < -0.3 is 5.32 Å². The summed E-state index contributed by atoms with van der Waals surface area (Å²) in [4.78, 5) is 0.205. The fourth-order valence-corrected chi connectivity index (χ4v) is 2.12. The van der Waals surface area contributed by atoms with Crippen molar-refractivity contribution in [3.05, 3.63) is 40.7 Å². The Bertz CT molecular complexity index is 554. The minimum atomic E-state index is -2.73. The smallest absolute Gasteiger partial charge is 0.283 e.